The molecule has 1 aliphatic rings. The zero-order valence-corrected chi connectivity index (χ0v) is 10.2. The fraction of sp³-hybridized carbons (Fsp3) is 0. The van der Waals surface area contributed by atoms with E-state index in [1.807, 2.05) is 0 Å². The van der Waals surface area contributed by atoms with Crippen molar-refractivity contribution in [3.05, 3.63) is 64.2 Å². The first-order valence-electron chi connectivity index (χ1n) is 5.89. The number of fused-ring (bicyclic) bond motifs is 1. The summed E-state index contributed by atoms with van der Waals surface area (Å²) in [5.74, 6) is -0.357. The van der Waals surface area contributed by atoms with Crippen molar-refractivity contribution >= 4 is 28.7 Å². The Morgan fingerprint density at radius 3 is 2.55 bits per heavy atom. The molecule has 0 fully saturated rings. The Hall–Kier alpha value is -3.02. The Labute approximate surface area is 113 Å². The van der Waals surface area contributed by atoms with Crippen LogP contribution in [0.15, 0.2) is 53.5 Å². The summed E-state index contributed by atoms with van der Waals surface area (Å²) in [4.78, 5) is 26.5. The highest BCUT2D eigenvalue weighted by Gasteiger charge is 2.26. The lowest BCUT2D eigenvalue weighted by Gasteiger charge is -1.99. The lowest BCUT2D eigenvalue weighted by molar-refractivity contribution is -0.384. The van der Waals surface area contributed by atoms with Gasteiger partial charge in [-0.2, -0.15) is 0 Å². The minimum atomic E-state index is -0.516. The summed E-state index contributed by atoms with van der Waals surface area (Å²) in [5.41, 5.74) is 1.54. The monoisotopic (exact) mass is 267 g/mol. The molecule has 0 atom stereocenters. The van der Waals surface area contributed by atoms with Crippen LogP contribution >= 0.6 is 0 Å². The van der Waals surface area contributed by atoms with E-state index in [0.717, 1.165) is 0 Å². The molecule has 98 valence electrons. The number of amides is 1. The Morgan fingerprint density at radius 1 is 1.05 bits per heavy atom. The summed E-state index contributed by atoms with van der Waals surface area (Å²) in [6, 6.07) is 13.2. The average Bonchev–Trinajstić information content (AvgIpc) is 2.76. The van der Waals surface area contributed by atoms with Gasteiger partial charge in [0.1, 0.15) is 11.4 Å². The van der Waals surface area contributed by atoms with E-state index in [9.17, 15) is 14.9 Å². The highest BCUT2D eigenvalue weighted by Crippen LogP contribution is 2.30. The van der Waals surface area contributed by atoms with Gasteiger partial charge in [-0.25, -0.2) is 4.99 Å². The molecule has 6 heteroatoms. The maximum Gasteiger partial charge on any atom is 0.294 e. The summed E-state index contributed by atoms with van der Waals surface area (Å²) in [7, 11) is 0. The number of anilines is 1. The molecular formula is C14H9N3O3. The largest absolute Gasteiger partial charge is 0.320 e. The molecule has 0 bridgehead atoms. The van der Waals surface area contributed by atoms with Gasteiger partial charge in [0.15, 0.2) is 0 Å². The number of nitro groups is 1. The number of nitrogens with one attached hydrogen (secondary N) is 1. The van der Waals surface area contributed by atoms with Gasteiger partial charge < -0.3 is 5.32 Å². The van der Waals surface area contributed by atoms with Crippen molar-refractivity contribution in [1.82, 2.24) is 0 Å². The van der Waals surface area contributed by atoms with Crippen molar-refractivity contribution in [3.8, 4) is 0 Å². The minimum Gasteiger partial charge on any atom is -0.320 e. The predicted molar refractivity (Wildman–Crippen MR) is 74.4 cm³/mol. The van der Waals surface area contributed by atoms with Crippen LogP contribution in [-0.2, 0) is 4.79 Å². The van der Waals surface area contributed by atoms with Crippen LogP contribution in [0, 0.1) is 10.1 Å². The SMILES string of the molecule is O=C1Nc2ccccc2C1=Nc1ccccc1[N+](=O)[O-]. The standard InChI is InChI=1S/C14H9N3O3/c18-14-13(9-5-1-2-6-10(9)16-14)15-11-7-3-4-8-12(11)17(19)20/h1-8H,(H,15,16,18). The van der Waals surface area contributed by atoms with Crippen molar-refractivity contribution < 1.29 is 9.72 Å². The molecular weight excluding hydrogens is 258 g/mol. The van der Waals surface area contributed by atoms with E-state index in [0.29, 0.717) is 11.3 Å². The Kier molecular flexibility index (Phi) is 2.76. The van der Waals surface area contributed by atoms with Crippen LogP contribution < -0.4 is 5.32 Å². The van der Waals surface area contributed by atoms with Gasteiger partial charge in [0, 0.05) is 11.6 Å². The van der Waals surface area contributed by atoms with Crippen molar-refractivity contribution in [2.45, 2.75) is 0 Å². The van der Waals surface area contributed by atoms with Crippen LogP contribution in [0.25, 0.3) is 0 Å². The number of rotatable bonds is 2. The van der Waals surface area contributed by atoms with Gasteiger partial charge in [0.2, 0.25) is 0 Å². The van der Waals surface area contributed by atoms with Gasteiger partial charge in [-0.05, 0) is 12.1 Å². The molecule has 0 radical (unpaired) electrons. The smallest absolute Gasteiger partial charge is 0.294 e. The predicted octanol–water partition coefficient (Wildman–Crippen LogP) is 2.67. The molecule has 1 amide bonds. The molecule has 1 aliphatic heterocycles. The quantitative estimate of drug-likeness (QED) is 0.670. The first-order chi connectivity index (χ1) is 9.66. The average molecular weight is 267 g/mol. The number of nitro benzene ring substituents is 1. The van der Waals surface area contributed by atoms with Crippen molar-refractivity contribution in [2.75, 3.05) is 5.32 Å². The van der Waals surface area contributed by atoms with Gasteiger partial charge in [-0.1, -0.05) is 30.3 Å². The molecule has 3 rings (SSSR count). The van der Waals surface area contributed by atoms with Gasteiger partial charge in [0.05, 0.1) is 10.6 Å². The molecule has 2 aromatic carbocycles. The number of nitrogens with zero attached hydrogens (tertiary/aromatic N) is 2. The van der Waals surface area contributed by atoms with Gasteiger partial charge >= 0.3 is 0 Å². The van der Waals surface area contributed by atoms with Gasteiger partial charge in [0.25, 0.3) is 11.6 Å². The maximum absolute atomic E-state index is 11.9. The normalized spacial score (nSPS) is 15.0. The van der Waals surface area contributed by atoms with E-state index in [4.69, 9.17) is 0 Å². The van der Waals surface area contributed by atoms with E-state index in [1.165, 1.54) is 12.1 Å². The second kappa shape index (κ2) is 4.58. The molecule has 1 heterocycles. The van der Waals surface area contributed by atoms with Crippen molar-refractivity contribution in [3.63, 3.8) is 0 Å². The number of para-hydroxylation sites is 3. The lowest BCUT2D eigenvalue weighted by atomic mass is 10.1. The Balaban J connectivity index is 2.14. The van der Waals surface area contributed by atoms with Crippen molar-refractivity contribution in [2.24, 2.45) is 4.99 Å². The summed E-state index contributed by atoms with van der Waals surface area (Å²) < 4.78 is 0. The highest BCUT2D eigenvalue weighted by atomic mass is 16.6. The van der Waals surface area contributed by atoms with Crippen LogP contribution in [0.2, 0.25) is 0 Å². The number of carbonyl (C=O) groups is 1. The molecule has 0 aliphatic carbocycles. The van der Waals surface area contributed by atoms with Crippen LogP contribution in [0.1, 0.15) is 5.56 Å². The molecule has 0 unspecified atom stereocenters. The molecule has 0 saturated carbocycles. The lowest BCUT2D eigenvalue weighted by Crippen LogP contribution is -2.14. The number of benzene rings is 2. The zero-order valence-electron chi connectivity index (χ0n) is 10.2. The summed E-state index contributed by atoms with van der Waals surface area (Å²) >= 11 is 0. The van der Waals surface area contributed by atoms with E-state index < -0.39 is 4.92 Å². The van der Waals surface area contributed by atoms with E-state index in [-0.39, 0.29) is 23.0 Å². The van der Waals surface area contributed by atoms with Crippen LogP contribution in [-0.4, -0.2) is 16.5 Å². The van der Waals surface area contributed by atoms with Gasteiger partial charge in [-0.15, -0.1) is 0 Å². The molecule has 6 nitrogen and oxygen atoms in total. The summed E-state index contributed by atoms with van der Waals surface area (Å²) in [6.07, 6.45) is 0. The molecule has 0 spiro atoms. The fourth-order valence-electron chi connectivity index (χ4n) is 2.05. The third-order valence-electron chi connectivity index (χ3n) is 2.96. The Morgan fingerprint density at radius 2 is 1.75 bits per heavy atom. The fourth-order valence-corrected chi connectivity index (χ4v) is 2.05. The third kappa shape index (κ3) is 1.93. The summed E-state index contributed by atoms with van der Waals surface area (Å²) in [5, 5.41) is 13.6. The minimum absolute atomic E-state index is 0.128. The topological polar surface area (TPSA) is 84.6 Å². The Bertz CT molecular complexity index is 753. The molecule has 20 heavy (non-hydrogen) atoms. The van der Waals surface area contributed by atoms with Crippen LogP contribution in [0.5, 0.6) is 0 Å². The zero-order chi connectivity index (χ0) is 14.1. The first kappa shape index (κ1) is 12.0. The first-order valence-corrected chi connectivity index (χ1v) is 5.89. The number of hydrogen-bond donors (Lipinski definition) is 1. The van der Waals surface area contributed by atoms with Crippen LogP contribution in [0.4, 0.5) is 17.1 Å². The van der Waals surface area contributed by atoms with E-state index in [2.05, 4.69) is 10.3 Å². The van der Waals surface area contributed by atoms with E-state index in [1.54, 1.807) is 36.4 Å². The maximum atomic E-state index is 11.9. The molecule has 2 aromatic rings. The number of hydrogen-bond acceptors (Lipinski definition) is 4. The van der Waals surface area contributed by atoms with Gasteiger partial charge in [-0.3, -0.25) is 14.9 Å². The molecule has 1 N–H and O–H groups in total. The molecule has 0 aromatic heterocycles. The number of aliphatic imine (C=N–C) groups is 1. The van der Waals surface area contributed by atoms with Crippen molar-refractivity contribution in [1.29, 1.82) is 0 Å². The second-order valence-corrected chi connectivity index (χ2v) is 4.21. The third-order valence-corrected chi connectivity index (χ3v) is 2.96. The summed E-state index contributed by atoms with van der Waals surface area (Å²) in [6.45, 7) is 0. The van der Waals surface area contributed by atoms with E-state index >= 15 is 0 Å². The second-order valence-electron chi connectivity index (χ2n) is 4.21. The van der Waals surface area contributed by atoms with Crippen LogP contribution in [0.3, 0.4) is 0 Å². The highest BCUT2D eigenvalue weighted by molar-refractivity contribution is 6.54. The number of carbonyl (C=O) groups excluding carboxylic acids is 1. The molecule has 0 saturated heterocycles.